The van der Waals surface area contributed by atoms with E-state index in [9.17, 15) is 9.59 Å². The van der Waals surface area contributed by atoms with Crippen LogP contribution in [0.2, 0.25) is 0 Å². The van der Waals surface area contributed by atoms with Crippen molar-refractivity contribution in [2.24, 2.45) is 11.8 Å². The van der Waals surface area contributed by atoms with E-state index in [2.05, 4.69) is 0 Å². The zero-order chi connectivity index (χ0) is 7.02. The van der Waals surface area contributed by atoms with E-state index in [0.29, 0.717) is 6.42 Å². The fourth-order valence-electron chi connectivity index (χ4n) is 0.741. The van der Waals surface area contributed by atoms with Crippen molar-refractivity contribution in [1.82, 2.24) is 0 Å². The Bertz CT molecular complexity index is 144. The van der Waals surface area contributed by atoms with Crippen LogP contribution in [0.3, 0.4) is 0 Å². The van der Waals surface area contributed by atoms with E-state index in [1.165, 1.54) is 0 Å². The Morgan fingerprint density at radius 1 is 1.11 bits per heavy atom. The van der Waals surface area contributed by atoms with Crippen molar-refractivity contribution in [1.29, 1.82) is 0 Å². The quantitative estimate of drug-likeness (QED) is 0.542. The standard InChI is InChI=1S/C5H6O4/c6-4(7)2-1-3(2)5(8)9/h2-3H,1H2,(H,6,7)(H,8,9). The van der Waals surface area contributed by atoms with E-state index in [4.69, 9.17) is 10.2 Å². The van der Waals surface area contributed by atoms with Gasteiger partial charge < -0.3 is 10.2 Å². The summed E-state index contributed by atoms with van der Waals surface area (Å²) in [5.74, 6) is -3.24. The lowest BCUT2D eigenvalue weighted by Crippen LogP contribution is -2.05. The Morgan fingerprint density at radius 2 is 1.44 bits per heavy atom. The Labute approximate surface area is 51.1 Å². The van der Waals surface area contributed by atoms with E-state index < -0.39 is 23.8 Å². The highest BCUT2D eigenvalue weighted by Gasteiger charge is 2.48. The minimum absolute atomic E-state index is 0.296. The molecule has 2 N–H and O–H groups in total. The van der Waals surface area contributed by atoms with E-state index >= 15 is 0 Å². The average Bonchev–Trinajstić information content (AvgIpc) is 2.39. The first-order valence-corrected chi connectivity index (χ1v) is 2.58. The number of carboxylic acid groups (broad SMARTS) is 2. The molecule has 0 aliphatic heterocycles. The molecule has 1 aliphatic carbocycles. The van der Waals surface area contributed by atoms with E-state index in [1.807, 2.05) is 0 Å². The summed E-state index contributed by atoms with van der Waals surface area (Å²) in [4.78, 5) is 20.0. The van der Waals surface area contributed by atoms with E-state index in [1.54, 1.807) is 0 Å². The molecule has 0 aromatic carbocycles. The number of carboxylic acids is 2. The van der Waals surface area contributed by atoms with Crippen LogP contribution < -0.4 is 0 Å². The number of rotatable bonds is 2. The van der Waals surface area contributed by atoms with Gasteiger partial charge in [-0.05, 0) is 6.42 Å². The highest BCUT2D eigenvalue weighted by atomic mass is 16.4. The molecule has 1 aliphatic rings. The number of aliphatic carboxylic acids is 2. The van der Waals surface area contributed by atoms with Crippen LogP contribution in [-0.2, 0) is 9.59 Å². The molecule has 0 saturated heterocycles. The number of hydrogen-bond acceptors (Lipinski definition) is 2. The van der Waals surface area contributed by atoms with Crippen LogP contribution in [0.4, 0.5) is 0 Å². The lowest BCUT2D eigenvalue weighted by molar-refractivity contribution is -0.144. The van der Waals surface area contributed by atoms with E-state index in [-0.39, 0.29) is 0 Å². The molecule has 0 amide bonds. The molecule has 0 bridgehead atoms. The van der Waals surface area contributed by atoms with Gasteiger partial charge in [0, 0.05) is 0 Å². The van der Waals surface area contributed by atoms with Gasteiger partial charge in [0.15, 0.2) is 0 Å². The van der Waals surface area contributed by atoms with Crippen molar-refractivity contribution < 1.29 is 19.8 Å². The van der Waals surface area contributed by atoms with Gasteiger partial charge in [-0.15, -0.1) is 0 Å². The SMILES string of the molecule is O=C(O)C1CC1C(=O)O. The second-order valence-electron chi connectivity index (χ2n) is 2.13. The van der Waals surface area contributed by atoms with Crippen LogP contribution in [0, 0.1) is 11.8 Å². The molecule has 50 valence electrons. The first-order chi connectivity index (χ1) is 4.13. The maximum atomic E-state index is 10.0. The third-order valence-electron chi connectivity index (χ3n) is 1.42. The largest absolute Gasteiger partial charge is 0.481 e. The van der Waals surface area contributed by atoms with Gasteiger partial charge in [0.25, 0.3) is 0 Å². The molecule has 1 saturated carbocycles. The van der Waals surface area contributed by atoms with Gasteiger partial charge in [-0.1, -0.05) is 0 Å². The third kappa shape index (κ3) is 1.01. The van der Waals surface area contributed by atoms with Gasteiger partial charge in [-0.2, -0.15) is 0 Å². The molecule has 4 nitrogen and oxygen atoms in total. The summed E-state index contributed by atoms with van der Waals surface area (Å²) in [7, 11) is 0. The number of hydrogen-bond donors (Lipinski definition) is 2. The Kier molecular flexibility index (Phi) is 1.16. The van der Waals surface area contributed by atoms with Crippen molar-refractivity contribution in [3.63, 3.8) is 0 Å². The van der Waals surface area contributed by atoms with E-state index in [0.717, 1.165) is 0 Å². The smallest absolute Gasteiger partial charge is 0.307 e. The highest BCUT2D eigenvalue weighted by Crippen LogP contribution is 2.38. The van der Waals surface area contributed by atoms with Crippen LogP contribution in [-0.4, -0.2) is 22.2 Å². The molecule has 1 fully saturated rings. The van der Waals surface area contributed by atoms with Crippen molar-refractivity contribution >= 4 is 11.9 Å². The van der Waals surface area contributed by atoms with Crippen LogP contribution in [0.1, 0.15) is 6.42 Å². The van der Waals surface area contributed by atoms with Gasteiger partial charge in [-0.3, -0.25) is 9.59 Å². The first kappa shape index (κ1) is 6.07. The predicted molar refractivity (Wildman–Crippen MR) is 26.9 cm³/mol. The summed E-state index contributed by atoms with van der Waals surface area (Å²) >= 11 is 0. The zero-order valence-electron chi connectivity index (χ0n) is 4.57. The lowest BCUT2D eigenvalue weighted by Gasteiger charge is -1.84. The summed E-state index contributed by atoms with van der Waals surface area (Å²) < 4.78 is 0. The lowest BCUT2D eigenvalue weighted by atomic mass is 10.3. The van der Waals surface area contributed by atoms with Gasteiger partial charge in [0.1, 0.15) is 0 Å². The van der Waals surface area contributed by atoms with Gasteiger partial charge in [-0.25, -0.2) is 0 Å². The Morgan fingerprint density at radius 3 is 1.56 bits per heavy atom. The summed E-state index contributed by atoms with van der Waals surface area (Å²) in [5, 5.41) is 16.4. The van der Waals surface area contributed by atoms with Gasteiger partial charge in [0.05, 0.1) is 11.8 Å². The molecule has 9 heavy (non-hydrogen) atoms. The second kappa shape index (κ2) is 1.72. The molecule has 0 heterocycles. The minimum Gasteiger partial charge on any atom is -0.481 e. The van der Waals surface area contributed by atoms with Crippen molar-refractivity contribution in [2.75, 3.05) is 0 Å². The van der Waals surface area contributed by atoms with Crippen molar-refractivity contribution in [2.45, 2.75) is 6.42 Å². The summed E-state index contributed by atoms with van der Waals surface area (Å²) in [5.41, 5.74) is 0. The second-order valence-corrected chi connectivity index (χ2v) is 2.13. The molecule has 2 atom stereocenters. The normalized spacial score (nSPS) is 31.6. The summed E-state index contributed by atoms with van der Waals surface area (Å²) in [6, 6.07) is 0. The third-order valence-corrected chi connectivity index (χ3v) is 1.42. The summed E-state index contributed by atoms with van der Waals surface area (Å²) in [6.45, 7) is 0. The zero-order valence-corrected chi connectivity index (χ0v) is 4.57. The fourth-order valence-corrected chi connectivity index (χ4v) is 0.741. The molecule has 4 heteroatoms. The van der Waals surface area contributed by atoms with Crippen LogP contribution in [0.25, 0.3) is 0 Å². The molecule has 0 aromatic rings. The summed E-state index contributed by atoms with van der Waals surface area (Å²) in [6.07, 6.45) is 0.296. The Balaban J connectivity index is 2.42. The van der Waals surface area contributed by atoms with Gasteiger partial charge >= 0.3 is 11.9 Å². The molecule has 0 aromatic heterocycles. The maximum Gasteiger partial charge on any atom is 0.307 e. The molecular weight excluding hydrogens is 124 g/mol. The van der Waals surface area contributed by atoms with Crippen molar-refractivity contribution in [3.05, 3.63) is 0 Å². The Hall–Kier alpha value is -1.06. The molecule has 0 spiro atoms. The highest BCUT2D eigenvalue weighted by molar-refractivity contribution is 5.85. The topological polar surface area (TPSA) is 74.6 Å². The van der Waals surface area contributed by atoms with Crippen LogP contribution in [0.15, 0.2) is 0 Å². The van der Waals surface area contributed by atoms with Crippen LogP contribution >= 0.6 is 0 Å². The number of carbonyl (C=O) groups is 2. The van der Waals surface area contributed by atoms with Crippen molar-refractivity contribution in [3.8, 4) is 0 Å². The van der Waals surface area contributed by atoms with Crippen LogP contribution in [0.5, 0.6) is 0 Å². The minimum atomic E-state index is -0.998. The first-order valence-electron chi connectivity index (χ1n) is 2.58. The monoisotopic (exact) mass is 130 g/mol. The van der Waals surface area contributed by atoms with Gasteiger partial charge in [0.2, 0.25) is 0 Å². The maximum absolute atomic E-state index is 10.0. The molecular formula is C5H6O4. The molecule has 0 radical (unpaired) electrons. The average molecular weight is 130 g/mol. The molecule has 1 rings (SSSR count). The molecule has 2 unspecified atom stereocenters. The fraction of sp³-hybridized carbons (Fsp3) is 0.600. The predicted octanol–water partition coefficient (Wildman–Crippen LogP) is -0.208.